The Morgan fingerprint density at radius 3 is 2.42 bits per heavy atom. The fourth-order valence-corrected chi connectivity index (χ4v) is 5.77. The summed E-state index contributed by atoms with van der Waals surface area (Å²) in [4.78, 5) is 32.0. The van der Waals surface area contributed by atoms with Crippen molar-refractivity contribution >= 4 is 11.8 Å². The van der Waals surface area contributed by atoms with Crippen molar-refractivity contribution in [2.75, 3.05) is 46.3 Å². The molecule has 3 aliphatic rings. The van der Waals surface area contributed by atoms with E-state index in [0.29, 0.717) is 12.2 Å². The molecule has 6 nitrogen and oxygen atoms in total. The van der Waals surface area contributed by atoms with Gasteiger partial charge < -0.3 is 19.1 Å². The number of piperidine rings is 1. The van der Waals surface area contributed by atoms with E-state index in [9.17, 15) is 9.59 Å². The second-order valence-corrected chi connectivity index (χ2v) is 9.43. The summed E-state index contributed by atoms with van der Waals surface area (Å²) in [6.45, 7) is 5.03. The van der Waals surface area contributed by atoms with E-state index in [2.05, 4.69) is 36.2 Å². The number of rotatable bonds is 3. The minimum Gasteiger partial charge on any atom is -0.459 e. The van der Waals surface area contributed by atoms with Gasteiger partial charge in [-0.2, -0.15) is 0 Å². The van der Waals surface area contributed by atoms with Gasteiger partial charge in [0.1, 0.15) is 0 Å². The van der Waals surface area contributed by atoms with Crippen molar-refractivity contribution in [3.8, 4) is 0 Å². The van der Waals surface area contributed by atoms with Gasteiger partial charge in [-0.15, -0.1) is 0 Å². The molecule has 1 aromatic heterocycles. The lowest BCUT2D eigenvalue weighted by atomic mass is 9.73. The van der Waals surface area contributed by atoms with Gasteiger partial charge in [-0.3, -0.25) is 9.59 Å². The molecule has 2 fully saturated rings. The van der Waals surface area contributed by atoms with E-state index >= 15 is 0 Å². The first-order valence-electron chi connectivity index (χ1n) is 11.4. The van der Waals surface area contributed by atoms with Crippen molar-refractivity contribution in [1.82, 2.24) is 14.7 Å². The zero-order valence-corrected chi connectivity index (χ0v) is 18.3. The van der Waals surface area contributed by atoms with Gasteiger partial charge in [0.25, 0.3) is 5.91 Å². The Morgan fingerprint density at radius 1 is 0.968 bits per heavy atom. The van der Waals surface area contributed by atoms with E-state index in [4.69, 9.17) is 4.42 Å². The molecule has 0 bridgehead atoms. The molecular formula is C25H31N3O3. The lowest BCUT2D eigenvalue weighted by molar-refractivity contribution is -0.133. The molecule has 0 N–H and O–H groups in total. The standard InChI is InChI=1S/C25H31N3O3/c1-26-12-14-27(15-13-26)23(29)17-19-18-25(21-6-3-2-5-20(19)21)8-10-28(11-9-25)24(30)22-7-4-16-31-22/h2-7,16,19H,8-15,17-18H2,1H3. The molecule has 3 heterocycles. The Bertz CT molecular complexity index is 939. The Morgan fingerprint density at radius 2 is 1.71 bits per heavy atom. The number of hydrogen-bond acceptors (Lipinski definition) is 4. The summed E-state index contributed by atoms with van der Waals surface area (Å²) in [5, 5.41) is 0. The van der Waals surface area contributed by atoms with Crippen molar-refractivity contribution in [2.24, 2.45) is 0 Å². The predicted octanol–water partition coefficient (Wildman–Crippen LogP) is 3.11. The van der Waals surface area contributed by atoms with Crippen molar-refractivity contribution in [3.63, 3.8) is 0 Å². The first-order valence-corrected chi connectivity index (χ1v) is 11.4. The Balaban J connectivity index is 1.29. The van der Waals surface area contributed by atoms with Gasteiger partial charge >= 0.3 is 0 Å². The summed E-state index contributed by atoms with van der Waals surface area (Å²) in [5.41, 5.74) is 2.82. The Hall–Kier alpha value is -2.60. The maximum atomic E-state index is 13.1. The number of carbonyl (C=O) groups is 2. The monoisotopic (exact) mass is 421 g/mol. The van der Waals surface area contributed by atoms with Gasteiger partial charge in [0.2, 0.25) is 5.91 Å². The van der Waals surface area contributed by atoms with E-state index < -0.39 is 0 Å². The molecule has 164 valence electrons. The topological polar surface area (TPSA) is 57.0 Å². The SMILES string of the molecule is CN1CCN(C(=O)CC2CC3(CCN(C(=O)c4ccco4)CC3)c3ccccc32)CC1. The molecule has 31 heavy (non-hydrogen) atoms. The largest absolute Gasteiger partial charge is 0.459 e. The number of carbonyl (C=O) groups excluding carboxylic acids is 2. The average Bonchev–Trinajstić information content (AvgIpc) is 3.43. The van der Waals surface area contributed by atoms with Crippen LogP contribution in [0.25, 0.3) is 0 Å². The van der Waals surface area contributed by atoms with Gasteiger partial charge in [0, 0.05) is 45.7 Å². The second-order valence-electron chi connectivity index (χ2n) is 9.43. The maximum absolute atomic E-state index is 13.1. The molecule has 0 saturated carbocycles. The van der Waals surface area contributed by atoms with Crippen LogP contribution in [0.5, 0.6) is 0 Å². The molecular weight excluding hydrogens is 390 g/mol. The number of furan rings is 1. The highest BCUT2D eigenvalue weighted by Gasteiger charge is 2.46. The lowest BCUT2D eigenvalue weighted by Crippen LogP contribution is -2.47. The van der Waals surface area contributed by atoms with Crippen LogP contribution >= 0.6 is 0 Å². The predicted molar refractivity (Wildman–Crippen MR) is 118 cm³/mol. The van der Waals surface area contributed by atoms with Gasteiger partial charge in [0.15, 0.2) is 5.76 Å². The number of likely N-dealkylation sites (N-methyl/N-ethyl adjacent to an activating group) is 1. The van der Waals surface area contributed by atoms with E-state index in [1.54, 1.807) is 18.4 Å². The van der Waals surface area contributed by atoms with Gasteiger partial charge in [-0.05, 0) is 60.9 Å². The summed E-state index contributed by atoms with van der Waals surface area (Å²) < 4.78 is 5.31. The number of amides is 2. The number of fused-ring (bicyclic) bond motifs is 2. The van der Waals surface area contributed by atoms with Crippen molar-refractivity contribution in [2.45, 2.75) is 37.0 Å². The number of hydrogen-bond donors (Lipinski definition) is 0. The van der Waals surface area contributed by atoms with Crippen LogP contribution in [0.2, 0.25) is 0 Å². The van der Waals surface area contributed by atoms with Crippen molar-refractivity contribution in [1.29, 1.82) is 0 Å². The number of nitrogens with zero attached hydrogens (tertiary/aromatic N) is 3. The molecule has 6 heteroatoms. The van der Waals surface area contributed by atoms with Gasteiger partial charge in [0.05, 0.1) is 6.26 Å². The third-order valence-corrected chi connectivity index (χ3v) is 7.63. The maximum Gasteiger partial charge on any atom is 0.289 e. The fraction of sp³-hybridized carbons (Fsp3) is 0.520. The highest BCUT2D eigenvalue weighted by molar-refractivity contribution is 5.91. The molecule has 1 unspecified atom stereocenters. The third kappa shape index (κ3) is 3.78. The van der Waals surface area contributed by atoms with Crippen LogP contribution in [-0.4, -0.2) is 72.8 Å². The normalized spacial score (nSPS) is 23.2. The van der Waals surface area contributed by atoms with Crippen molar-refractivity contribution in [3.05, 3.63) is 59.5 Å². The van der Waals surface area contributed by atoms with E-state index in [-0.39, 0.29) is 23.1 Å². The molecule has 2 aliphatic heterocycles. The van der Waals surface area contributed by atoms with E-state index in [1.165, 1.54) is 11.1 Å². The molecule has 0 radical (unpaired) electrons. The van der Waals surface area contributed by atoms with Crippen LogP contribution in [0.1, 0.15) is 53.3 Å². The quantitative estimate of drug-likeness (QED) is 0.764. The highest BCUT2D eigenvalue weighted by atomic mass is 16.3. The molecule has 1 aliphatic carbocycles. The molecule has 5 rings (SSSR count). The third-order valence-electron chi connectivity index (χ3n) is 7.63. The van der Waals surface area contributed by atoms with Crippen LogP contribution in [0.3, 0.4) is 0 Å². The molecule has 1 spiro atoms. The molecule has 2 aromatic rings. The van der Waals surface area contributed by atoms with Gasteiger partial charge in [-0.25, -0.2) is 0 Å². The van der Waals surface area contributed by atoms with E-state index in [0.717, 1.165) is 58.5 Å². The van der Waals surface area contributed by atoms with Crippen LogP contribution in [-0.2, 0) is 10.2 Å². The molecule has 2 amide bonds. The number of piperazine rings is 1. The molecule has 1 atom stereocenters. The summed E-state index contributed by atoms with van der Waals surface area (Å²) >= 11 is 0. The molecule has 1 aromatic carbocycles. The Labute approximate surface area is 183 Å². The summed E-state index contributed by atoms with van der Waals surface area (Å²) in [6.07, 6.45) is 5.03. The smallest absolute Gasteiger partial charge is 0.289 e. The average molecular weight is 422 g/mol. The van der Waals surface area contributed by atoms with Crippen LogP contribution in [0, 0.1) is 0 Å². The van der Waals surface area contributed by atoms with Crippen LogP contribution in [0.15, 0.2) is 47.1 Å². The zero-order valence-electron chi connectivity index (χ0n) is 18.3. The van der Waals surface area contributed by atoms with Gasteiger partial charge in [-0.1, -0.05) is 24.3 Å². The first-order chi connectivity index (χ1) is 15.1. The fourth-order valence-electron chi connectivity index (χ4n) is 5.77. The Kier molecular flexibility index (Phi) is 5.34. The van der Waals surface area contributed by atoms with E-state index in [1.807, 2.05) is 9.80 Å². The van der Waals surface area contributed by atoms with Crippen LogP contribution < -0.4 is 0 Å². The summed E-state index contributed by atoms with van der Waals surface area (Å²) in [7, 11) is 2.11. The number of benzene rings is 1. The second kappa shape index (κ2) is 8.15. The number of likely N-dealkylation sites (tertiary alicyclic amines) is 1. The first kappa shape index (κ1) is 20.3. The summed E-state index contributed by atoms with van der Waals surface area (Å²) in [5.74, 6) is 0.956. The highest BCUT2D eigenvalue weighted by Crippen LogP contribution is 2.52. The van der Waals surface area contributed by atoms with Crippen molar-refractivity contribution < 1.29 is 14.0 Å². The lowest BCUT2D eigenvalue weighted by Gasteiger charge is -2.40. The zero-order chi connectivity index (χ0) is 21.4. The van der Waals surface area contributed by atoms with Crippen LogP contribution in [0.4, 0.5) is 0 Å². The summed E-state index contributed by atoms with van der Waals surface area (Å²) in [6, 6.07) is 12.2. The molecule has 2 saturated heterocycles. The minimum absolute atomic E-state index is 0.0204. The minimum atomic E-state index is -0.0204.